The van der Waals surface area contributed by atoms with E-state index in [1.807, 2.05) is 42.2 Å². The molecule has 0 bridgehead atoms. The van der Waals surface area contributed by atoms with Gasteiger partial charge in [0.05, 0.1) is 12.5 Å². The monoisotopic (exact) mass is 388 g/mol. The summed E-state index contributed by atoms with van der Waals surface area (Å²) in [5.41, 5.74) is 0.892. The van der Waals surface area contributed by atoms with Crippen LogP contribution in [0.3, 0.4) is 0 Å². The van der Waals surface area contributed by atoms with Crippen molar-refractivity contribution < 1.29 is 4.74 Å². The van der Waals surface area contributed by atoms with E-state index in [2.05, 4.69) is 26.9 Å². The molecule has 1 aliphatic carbocycles. The van der Waals surface area contributed by atoms with Crippen molar-refractivity contribution >= 4 is 40.2 Å². The number of benzene rings is 1. The molecule has 2 heterocycles. The van der Waals surface area contributed by atoms with Crippen LogP contribution < -0.4 is 9.64 Å². The minimum Gasteiger partial charge on any atom is -0.496 e. The molecule has 4 rings (SSSR count). The van der Waals surface area contributed by atoms with Crippen LogP contribution in [0, 0.1) is 5.92 Å². The predicted octanol–water partition coefficient (Wildman–Crippen LogP) is 4.63. The number of aromatic nitrogens is 3. The lowest BCUT2D eigenvalue weighted by Gasteiger charge is -2.41. The average Bonchev–Trinajstić information content (AvgIpc) is 3.09. The molecule has 1 N–H and O–H groups in total. The summed E-state index contributed by atoms with van der Waals surface area (Å²) in [7, 11) is 3.82. The van der Waals surface area contributed by atoms with Gasteiger partial charge >= 0.3 is 0 Å². The Bertz CT molecular complexity index is 909. The molecule has 0 unspecified atom stereocenters. The van der Waals surface area contributed by atoms with E-state index in [9.17, 15) is 0 Å². The van der Waals surface area contributed by atoms with E-state index in [0.29, 0.717) is 17.0 Å². The number of anilines is 1. The lowest BCUT2D eigenvalue weighted by Crippen LogP contribution is -2.43. The average molecular weight is 389 g/mol. The van der Waals surface area contributed by atoms with E-state index in [1.54, 1.807) is 13.4 Å². The maximum atomic E-state index is 6.03. The molecule has 1 aromatic carbocycles. The number of halogens is 1. The summed E-state index contributed by atoms with van der Waals surface area (Å²) in [6.45, 7) is 0. The Labute approximate surface area is 162 Å². The number of rotatable bonds is 6. The molecule has 2 aromatic heterocycles. The first-order chi connectivity index (χ1) is 12.7. The van der Waals surface area contributed by atoms with Crippen molar-refractivity contribution in [3.63, 3.8) is 0 Å². The summed E-state index contributed by atoms with van der Waals surface area (Å²) in [6, 6.07) is 8.40. The fourth-order valence-corrected chi connectivity index (χ4v) is 4.73. The third-order valence-electron chi connectivity index (χ3n) is 5.03. The van der Waals surface area contributed by atoms with Crippen LogP contribution in [0.2, 0.25) is 5.02 Å². The number of hydrogen-bond donors (Lipinski definition) is 1. The van der Waals surface area contributed by atoms with E-state index in [1.165, 1.54) is 12.8 Å². The fourth-order valence-electron chi connectivity index (χ4n) is 3.43. The number of nitrogens with one attached hydrogen (secondary N) is 1. The van der Waals surface area contributed by atoms with Crippen LogP contribution in [0.1, 0.15) is 12.8 Å². The van der Waals surface area contributed by atoms with Crippen molar-refractivity contribution in [3.8, 4) is 5.75 Å². The molecule has 0 aliphatic heterocycles. The van der Waals surface area contributed by atoms with E-state index in [0.717, 1.165) is 33.2 Å². The number of ether oxygens (including phenoxy) is 1. The first kappa shape index (κ1) is 17.5. The Morgan fingerprint density at radius 1 is 1.31 bits per heavy atom. The summed E-state index contributed by atoms with van der Waals surface area (Å²) in [5, 5.41) is 1.79. The van der Waals surface area contributed by atoms with E-state index in [4.69, 9.17) is 16.3 Å². The zero-order valence-corrected chi connectivity index (χ0v) is 16.3. The SMILES string of the molecule is COc1cc(Cl)ccc1SCC1CC(N(C)c2ncnc3[nH]ccc23)C1. The molecule has 0 amide bonds. The Morgan fingerprint density at radius 2 is 2.15 bits per heavy atom. The number of fused-ring (bicyclic) bond motifs is 1. The zero-order valence-electron chi connectivity index (χ0n) is 14.8. The van der Waals surface area contributed by atoms with Crippen molar-refractivity contribution in [2.45, 2.75) is 23.8 Å². The second-order valence-electron chi connectivity index (χ2n) is 6.65. The van der Waals surface area contributed by atoms with Crippen LogP contribution in [0.4, 0.5) is 5.82 Å². The minimum atomic E-state index is 0.528. The molecule has 0 saturated heterocycles. The van der Waals surface area contributed by atoms with Gasteiger partial charge in [0.25, 0.3) is 0 Å². The van der Waals surface area contributed by atoms with Crippen molar-refractivity contribution in [3.05, 3.63) is 41.8 Å². The van der Waals surface area contributed by atoms with Crippen LogP contribution in [-0.4, -0.2) is 40.9 Å². The minimum absolute atomic E-state index is 0.528. The Morgan fingerprint density at radius 3 is 2.96 bits per heavy atom. The Hall–Kier alpha value is -1.92. The Balaban J connectivity index is 1.35. The van der Waals surface area contributed by atoms with Gasteiger partial charge in [0, 0.05) is 35.0 Å². The number of nitrogens with zero attached hydrogens (tertiary/aromatic N) is 3. The third-order valence-corrected chi connectivity index (χ3v) is 6.55. The normalized spacial score (nSPS) is 19.3. The highest BCUT2D eigenvalue weighted by atomic mass is 35.5. The van der Waals surface area contributed by atoms with Gasteiger partial charge in [-0.3, -0.25) is 0 Å². The van der Waals surface area contributed by atoms with Gasteiger partial charge in [0.15, 0.2) is 0 Å². The molecular formula is C19H21ClN4OS. The number of hydrogen-bond acceptors (Lipinski definition) is 5. The maximum Gasteiger partial charge on any atom is 0.142 e. The lowest BCUT2D eigenvalue weighted by molar-refractivity contribution is 0.285. The highest BCUT2D eigenvalue weighted by Gasteiger charge is 2.33. The standard InChI is InChI=1S/C19H21ClN4OS/c1-24(19-15-5-6-21-18(15)22-11-23-19)14-7-12(8-14)10-26-17-4-3-13(20)9-16(17)25-2/h3-6,9,11-12,14H,7-8,10H2,1-2H3,(H,21,22,23). The molecule has 7 heteroatoms. The molecule has 0 radical (unpaired) electrons. The van der Waals surface area contributed by atoms with Gasteiger partial charge in [-0.05, 0) is 43.0 Å². The van der Waals surface area contributed by atoms with Gasteiger partial charge in [0.2, 0.25) is 0 Å². The van der Waals surface area contributed by atoms with Crippen LogP contribution in [0.15, 0.2) is 41.7 Å². The van der Waals surface area contributed by atoms with Crippen LogP contribution >= 0.6 is 23.4 Å². The second-order valence-corrected chi connectivity index (χ2v) is 8.14. The van der Waals surface area contributed by atoms with Gasteiger partial charge in [0.1, 0.15) is 23.5 Å². The molecule has 1 fully saturated rings. The number of methoxy groups -OCH3 is 1. The highest BCUT2D eigenvalue weighted by molar-refractivity contribution is 7.99. The summed E-state index contributed by atoms with van der Waals surface area (Å²) in [6.07, 6.45) is 5.89. The van der Waals surface area contributed by atoms with Crippen LogP contribution in [0.5, 0.6) is 5.75 Å². The molecule has 3 aromatic rings. The molecular weight excluding hydrogens is 368 g/mol. The van der Waals surface area contributed by atoms with Gasteiger partial charge in [-0.25, -0.2) is 9.97 Å². The van der Waals surface area contributed by atoms with Crippen molar-refractivity contribution in [1.82, 2.24) is 15.0 Å². The number of aromatic amines is 1. The smallest absolute Gasteiger partial charge is 0.142 e. The topological polar surface area (TPSA) is 54.0 Å². The van der Waals surface area contributed by atoms with Crippen LogP contribution in [-0.2, 0) is 0 Å². The molecule has 0 spiro atoms. The maximum absolute atomic E-state index is 6.03. The summed E-state index contributed by atoms with van der Waals surface area (Å²) in [4.78, 5) is 15.4. The molecule has 1 aliphatic rings. The molecule has 5 nitrogen and oxygen atoms in total. The van der Waals surface area contributed by atoms with Gasteiger partial charge in [-0.1, -0.05) is 11.6 Å². The fraction of sp³-hybridized carbons (Fsp3) is 0.368. The molecule has 0 atom stereocenters. The largest absolute Gasteiger partial charge is 0.496 e. The van der Waals surface area contributed by atoms with Gasteiger partial charge in [-0.15, -0.1) is 11.8 Å². The Kier molecular flexibility index (Phi) is 4.96. The molecule has 136 valence electrons. The van der Waals surface area contributed by atoms with Crippen molar-refractivity contribution in [2.24, 2.45) is 5.92 Å². The van der Waals surface area contributed by atoms with Gasteiger partial charge in [-0.2, -0.15) is 0 Å². The van der Waals surface area contributed by atoms with Crippen molar-refractivity contribution in [2.75, 3.05) is 24.8 Å². The first-order valence-corrected chi connectivity index (χ1v) is 9.99. The van der Waals surface area contributed by atoms with E-state index in [-0.39, 0.29) is 0 Å². The molecule has 26 heavy (non-hydrogen) atoms. The molecule has 1 saturated carbocycles. The van der Waals surface area contributed by atoms with E-state index >= 15 is 0 Å². The summed E-state index contributed by atoms with van der Waals surface area (Å²) < 4.78 is 5.43. The lowest BCUT2D eigenvalue weighted by atomic mass is 9.81. The first-order valence-electron chi connectivity index (χ1n) is 8.63. The summed E-state index contributed by atoms with van der Waals surface area (Å²) >= 11 is 7.88. The highest BCUT2D eigenvalue weighted by Crippen LogP contribution is 2.40. The third kappa shape index (κ3) is 3.35. The number of thioether (sulfide) groups is 1. The number of H-pyrrole nitrogens is 1. The summed E-state index contributed by atoms with van der Waals surface area (Å²) in [5.74, 6) is 3.65. The van der Waals surface area contributed by atoms with Crippen LogP contribution in [0.25, 0.3) is 11.0 Å². The quantitative estimate of drug-likeness (QED) is 0.624. The van der Waals surface area contributed by atoms with Gasteiger partial charge < -0.3 is 14.6 Å². The second kappa shape index (κ2) is 7.37. The van der Waals surface area contributed by atoms with E-state index < -0.39 is 0 Å². The predicted molar refractivity (Wildman–Crippen MR) is 108 cm³/mol. The van der Waals surface area contributed by atoms with Crippen molar-refractivity contribution in [1.29, 1.82) is 0 Å². The zero-order chi connectivity index (χ0) is 18.1.